The van der Waals surface area contributed by atoms with Crippen LogP contribution in [0.4, 0.5) is 5.69 Å². The average molecular weight is 290 g/mol. The molecule has 1 N–H and O–H groups in total. The molecule has 104 valence electrons. The summed E-state index contributed by atoms with van der Waals surface area (Å²) < 4.78 is 5.22. The molecule has 0 atom stereocenters. The Bertz CT molecular complexity index is 608. The van der Waals surface area contributed by atoms with Gasteiger partial charge in [-0.25, -0.2) is 0 Å². The van der Waals surface area contributed by atoms with E-state index in [1.165, 1.54) is 0 Å². The number of anilines is 1. The normalized spacial score (nSPS) is 10.2. The summed E-state index contributed by atoms with van der Waals surface area (Å²) in [7, 11) is 1.55. The van der Waals surface area contributed by atoms with Gasteiger partial charge in [0, 0.05) is 11.6 Å². The fourth-order valence-corrected chi connectivity index (χ4v) is 2.05. The molecule has 0 aromatic heterocycles. The molecule has 0 spiro atoms. The van der Waals surface area contributed by atoms with Crippen LogP contribution in [-0.2, 0) is 5.88 Å². The van der Waals surface area contributed by atoms with E-state index in [-0.39, 0.29) is 5.91 Å². The molecule has 0 aliphatic rings. The van der Waals surface area contributed by atoms with Gasteiger partial charge in [0.15, 0.2) is 0 Å². The highest BCUT2D eigenvalue weighted by molar-refractivity contribution is 6.17. The van der Waals surface area contributed by atoms with Crippen LogP contribution in [0.5, 0.6) is 5.75 Å². The molecule has 20 heavy (non-hydrogen) atoms. The number of methoxy groups -OCH3 is 1. The van der Waals surface area contributed by atoms with Gasteiger partial charge in [0.25, 0.3) is 5.91 Å². The summed E-state index contributed by atoms with van der Waals surface area (Å²) in [6.07, 6.45) is 0. The Morgan fingerprint density at radius 1 is 1.20 bits per heavy atom. The van der Waals surface area contributed by atoms with Gasteiger partial charge < -0.3 is 10.1 Å². The van der Waals surface area contributed by atoms with Crippen molar-refractivity contribution < 1.29 is 9.53 Å². The number of rotatable bonds is 4. The number of carbonyl (C=O) groups is 1. The first-order valence-electron chi connectivity index (χ1n) is 6.25. The number of aryl methyl sites for hydroxylation is 1. The number of carbonyl (C=O) groups excluding carboxylic acids is 1. The minimum atomic E-state index is -0.191. The van der Waals surface area contributed by atoms with E-state index in [4.69, 9.17) is 16.3 Å². The van der Waals surface area contributed by atoms with Crippen molar-refractivity contribution in [1.82, 2.24) is 0 Å². The van der Waals surface area contributed by atoms with E-state index in [0.29, 0.717) is 17.2 Å². The van der Waals surface area contributed by atoms with Gasteiger partial charge in [0.2, 0.25) is 0 Å². The first-order valence-corrected chi connectivity index (χ1v) is 6.78. The molecule has 2 aromatic carbocycles. The second-order valence-corrected chi connectivity index (χ2v) is 4.76. The summed E-state index contributed by atoms with van der Waals surface area (Å²) in [6, 6.07) is 12.9. The molecular weight excluding hydrogens is 274 g/mol. The van der Waals surface area contributed by atoms with Crippen LogP contribution in [0.1, 0.15) is 21.5 Å². The molecule has 0 unspecified atom stereocenters. The van der Waals surface area contributed by atoms with Crippen LogP contribution < -0.4 is 10.1 Å². The van der Waals surface area contributed by atoms with Crippen LogP contribution in [0.3, 0.4) is 0 Å². The highest BCUT2D eigenvalue weighted by atomic mass is 35.5. The molecular formula is C16H16ClNO2. The monoisotopic (exact) mass is 289 g/mol. The number of nitrogens with one attached hydrogen (secondary N) is 1. The standard InChI is InChI=1S/C16H16ClNO2/c1-11-3-8-15(20-2)14(9-11)16(19)18-13-6-4-12(10-17)5-7-13/h3-9H,10H2,1-2H3,(H,18,19). The Balaban J connectivity index is 2.20. The lowest BCUT2D eigenvalue weighted by molar-refractivity contribution is 0.102. The third-order valence-electron chi connectivity index (χ3n) is 2.97. The fourth-order valence-electron chi connectivity index (χ4n) is 1.87. The molecule has 2 rings (SSSR count). The SMILES string of the molecule is COc1ccc(C)cc1C(=O)Nc1ccc(CCl)cc1. The molecule has 2 aromatic rings. The molecule has 0 aliphatic carbocycles. The van der Waals surface area contributed by atoms with E-state index in [1.807, 2.05) is 37.3 Å². The lowest BCUT2D eigenvalue weighted by atomic mass is 10.1. The van der Waals surface area contributed by atoms with Crippen molar-refractivity contribution in [1.29, 1.82) is 0 Å². The van der Waals surface area contributed by atoms with E-state index >= 15 is 0 Å². The number of hydrogen-bond acceptors (Lipinski definition) is 2. The van der Waals surface area contributed by atoms with Crippen molar-refractivity contribution in [3.63, 3.8) is 0 Å². The zero-order valence-electron chi connectivity index (χ0n) is 11.4. The van der Waals surface area contributed by atoms with Crippen LogP contribution >= 0.6 is 11.6 Å². The lowest BCUT2D eigenvalue weighted by Gasteiger charge is -2.10. The summed E-state index contributed by atoms with van der Waals surface area (Å²) in [4.78, 5) is 12.3. The highest BCUT2D eigenvalue weighted by Crippen LogP contribution is 2.21. The van der Waals surface area contributed by atoms with Gasteiger partial charge in [-0.1, -0.05) is 23.8 Å². The van der Waals surface area contributed by atoms with Crippen molar-refractivity contribution in [2.45, 2.75) is 12.8 Å². The van der Waals surface area contributed by atoms with Gasteiger partial charge in [-0.15, -0.1) is 11.6 Å². The number of halogens is 1. The zero-order valence-corrected chi connectivity index (χ0v) is 12.2. The molecule has 1 amide bonds. The summed E-state index contributed by atoms with van der Waals surface area (Å²) in [5.74, 6) is 0.828. The van der Waals surface area contributed by atoms with Crippen molar-refractivity contribution in [3.8, 4) is 5.75 Å². The lowest BCUT2D eigenvalue weighted by Crippen LogP contribution is -2.13. The van der Waals surface area contributed by atoms with Crippen LogP contribution in [0.25, 0.3) is 0 Å². The van der Waals surface area contributed by atoms with Gasteiger partial charge in [-0.3, -0.25) is 4.79 Å². The van der Waals surface area contributed by atoms with Crippen molar-refractivity contribution in [2.75, 3.05) is 12.4 Å². The molecule has 0 saturated heterocycles. The molecule has 4 heteroatoms. The Morgan fingerprint density at radius 3 is 2.50 bits per heavy atom. The molecule has 0 heterocycles. The Kier molecular flexibility index (Phi) is 4.64. The molecule has 0 fully saturated rings. The van der Waals surface area contributed by atoms with Crippen LogP contribution in [0, 0.1) is 6.92 Å². The molecule has 0 saturated carbocycles. The van der Waals surface area contributed by atoms with Gasteiger partial charge in [-0.2, -0.15) is 0 Å². The van der Waals surface area contributed by atoms with Crippen molar-refractivity contribution in [3.05, 3.63) is 59.2 Å². The second kappa shape index (κ2) is 6.44. The number of hydrogen-bond donors (Lipinski definition) is 1. The number of ether oxygens (including phenoxy) is 1. The van der Waals surface area contributed by atoms with Gasteiger partial charge in [0.05, 0.1) is 12.7 Å². The summed E-state index contributed by atoms with van der Waals surface area (Å²) in [5.41, 5.74) is 3.27. The predicted octanol–water partition coefficient (Wildman–Crippen LogP) is 3.99. The quantitative estimate of drug-likeness (QED) is 0.864. The summed E-state index contributed by atoms with van der Waals surface area (Å²) >= 11 is 5.73. The van der Waals surface area contributed by atoms with E-state index in [2.05, 4.69) is 5.32 Å². The van der Waals surface area contributed by atoms with E-state index < -0.39 is 0 Å². The average Bonchev–Trinajstić information content (AvgIpc) is 2.48. The number of benzene rings is 2. The largest absolute Gasteiger partial charge is 0.496 e. The topological polar surface area (TPSA) is 38.3 Å². The number of alkyl halides is 1. The predicted molar refractivity (Wildman–Crippen MR) is 81.7 cm³/mol. The maximum Gasteiger partial charge on any atom is 0.259 e. The first-order chi connectivity index (χ1) is 9.63. The molecule has 0 radical (unpaired) electrons. The molecule has 0 aliphatic heterocycles. The van der Waals surface area contributed by atoms with Crippen molar-refractivity contribution >= 4 is 23.2 Å². The smallest absolute Gasteiger partial charge is 0.259 e. The Morgan fingerprint density at radius 2 is 1.90 bits per heavy atom. The summed E-state index contributed by atoms with van der Waals surface area (Å²) in [5, 5.41) is 2.85. The van der Waals surface area contributed by atoms with Crippen LogP contribution in [-0.4, -0.2) is 13.0 Å². The van der Waals surface area contributed by atoms with Gasteiger partial charge >= 0.3 is 0 Å². The van der Waals surface area contributed by atoms with Crippen molar-refractivity contribution in [2.24, 2.45) is 0 Å². The Hall–Kier alpha value is -2.00. The third kappa shape index (κ3) is 3.31. The first kappa shape index (κ1) is 14.4. The summed E-state index contributed by atoms with van der Waals surface area (Å²) in [6.45, 7) is 1.94. The molecule has 0 bridgehead atoms. The molecule has 3 nitrogen and oxygen atoms in total. The fraction of sp³-hybridized carbons (Fsp3) is 0.188. The highest BCUT2D eigenvalue weighted by Gasteiger charge is 2.12. The van der Waals surface area contributed by atoms with Crippen LogP contribution in [0.15, 0.2) is 42.5 Å². The van der Waals surface area contributed by atoms with Crippen LogP contribution in [0.2, 0.25) is 0 Å². The van der Waals surface area contributed by atoms with E-state index in [0.717, 1.165) is 16.8 Å². The van der Waals surface area contributed by atoms with E-state index in [1.54, 1.807) is 19.2 Å². The third-order valence-corrected chi connectivity index (χ3v) is 3.27. The minimum absolute atomic E-state index is 0.191. The number of amides is 1. The van der Waals surface area contributed by atoms with Gasteiger partial charge in [-0.05, 0) is 36.8 Å². The Labute approximate surface area is 123 Å². The zero-order chi connectivity index (χ0) is 14.5. The second-order valence-electron chi connectivity index (χ2n) is 4.49. The maximum atomic E-state index is 12.3. The van der Waals surface area contributed by atoms with Gasteiger partial charge in [0.1, 0.15) is 5.75 Å². The maximum absolute atomic E-state index is 12.3. The van der Waals surface area contributed by atoms with E-state index in [9.17, 15) is 4.79 Å². The minimum Gasteiger partial charge on any atom is -0.496 e.